The first kappa shape index (κ1) is 8.81. The average Bonchev–Trinajstić information content (AvgIpc) is 2.17. The molecule has 1 aromatic rings. The molecular weight excluding hydrogens is 155 g/mol. The van der Waals surface area contributed by atoms with Gasteiger partial charge in [0.25, 0.3) is 0 Å². The van der Waals surface area contributed by atoms with Gasteiger partial charge in [0.1, 0.15) is 0 Å². The molecule has 0 spiro atoms. The van der Waals surface area contributed by atoms with Crippen LogP contribution in [0.25, 0.3) is 0 Å². The van der Waals surface area contributed by atoms with Gasteiger partial charge in [0, 0.05) is 0 Å². The summed E-state index contributed by atoms with van der Waals surface area (Å²) < 4.78 is 4.52. The van der Waals surface area contributed by atoms with E-state index in [1.807, 2.05) is 0 Å². The Bertz CT molecular complexity index is 285. The molecule has 0 saturated heterocycles. The molecule has 1 aromatic carbocycles. The Hall–Kier alpha value is -1.29. The summed E-state index contributed by atoms with van der Waals surface area (Å²) in [5, 5.41) is 8.76. The van der Waals surface area contributed by atoms with Gasteiger partial charge in [-0.3, -0.25) is 0 Å². The van der Waals surface area contributed by atoms with Crippen molar-refractivity contribution in [2.24, 2.45) is 0 Å². The summed E-state index contributed by atoms with van der Waals surface area (Å²) in [7, 11) is 1.33. The minimum Gasteiger partial charge on any atom is -0.540 e. The Labute approximate surface area is 71.4 Å². The lowest BCUT2D eigenvalue weighted by Gasteiger charge is -2.00. The van der Waals surface area contributed by atoms with E-state index in [9.17, 15) is 4.79 Å². The Morgan fingerprint density at radius 2 is 2.33 bits per heavy atom. The van der Waals surface area contributed by atoms with Gasteiger partial charge in [0.2, 0.25) is 0 Å². The third kappa shape index (κ3) is 1.86. The van der Waals surface area contributed by atoms with E-state index in [1.54, 1.807) is 24.3 Å². The van der Waals surface area contributed by atoms with Gasteiger partial charge in [0.15, 0.2) is 0 Å². The Balaban J connectivity index is 2.93. The second-order valence-electron chi connectivity index (χ2n) is 2.35. The molecule has 12 heavy (non-hydrogen) atoms. The molecule has 0 saturated carbocycles. The van der Waals surface area contributed by atoms with E-state index in [2.05, 4.69) is 4.65 Å². The quantitative estimate of drug-likeness (QED) is 0.620. The second kappa shape index (κ2) is 3.92. The topological polar surface area (TPSA) is 46.5 Å². The number of carbonyl (C=O) groups is 1. The molecular formula is C8H9BO3. The number of carbonyl (C=O) groups excluding carboxylic acids is 1. The summed E-state index contributed by atoms with van der Waals surface area (Å²) in [5.41, 5.74) is 1.17. The summed E-state index contributed by atoms with van der Waals surface area (Å²) >= 11 is 0. The summed E-state index contributed by atoms with van der Waals surface area (Å²) in [5.74, 6) is -0.384. The largest absolute Gasteiger partial charge is 0.540 e. The molecule has 0 heterocycles. The summed E-state index contributed by atoms with van der Waals surface area (Å²) in [4.78, 5) is 11.0. The van der Waals surface area contributed by atoms with Crippen molar-refractivity contribution in [1.29, 1.82) is 0 Å². The van der Waals surface area contributed by atoms with Crippen LogP contribution in [0.2, 0.25) is 0 Å². The van der Waals surface area contributed by atoms with Gasteiger partial charge in [0.05, 0.1) is 12.2 Å². The maximum atomic E-state index is 11.0. The first-order valence-corrected chi connectivity index (χ1v) is 3.56. The van der Waals surface area contributed by atoms with E-state index < -0.39 is 0 Å². The van der Waals surface area contributed by atoms with Crippen molar-refractivity contribution >= 4 is 14.0 Å². The van der Waals surface area contributed by atoms with Crippen LogP contribution >= 0.6 is 0 Å². The Morgan fingerprint density at radius 1 is 1.58 bits per heavy atom. The SMILES string of the molecule is BOC(=O)c1cccc(CO)c1. The van der Waals surface area contributed by atoms with Crippen LogP contribution in [0.4, 0.5) is 0 Å². The van der Waals surface area contributed by atoms with Gasteiger partial charge >= 0.3 is 14.0 Å². The van der Waals surface area contributed by atoms with Gasteiger partial charge in [-0.15, -0.1) is 0 Å². The predicted molar refractivity (Wildman–Crippen MR) is 46.3 cm³/mol. The van der Waals surface area contributed by atoms with Gasteiger partial charge in [-0.1, -0.05) is 12.1 Å². The van der Waals surface area contributed by atoms with E-state index in [0.717, 1.165) is 0 Å². The fraction of sp³-hybridized carbons (Fsp3) is 0.125. The zero-order chi connectivity index (χ0) is 8.97. The van der Waals surface area contributed by atoms with Crippen LogP contribution in [0.3, 0.4) is 0 Å². The van der Waals surface area contributed by atoms with Crippen LogP contribution in [-0.4, -0.2) is 19.1 Å². The van der Waals surface area contributed by atoms with Crippen LogP contribution in [0.1, 0.15) is 15.9 Å². The number of aliphatic hydroxyl groups is 1. The number of hydrogen-bond acceptors (Lipinski definition) is 3. The van der Waals surface area contributed by atoms with Crippen molar-refractivity contribution < 1.29 is 14.6 Å². The van der Waals surface area contributed by atoms with Crippen molar-refractivity contribution in [1.82, 2.24) is 0 Å². The van der Waals surface area contributed by atoms with Crippen LogP contribution < -0.4 is 0 Å². The molecule has 0 bridgehead atoms. The van der Waals surface area contributed by atoms with Crippen LogP contribution in [-0.2, 0) is 11.3 Å². The molecule has 0 radical (unpaired) electrons. The van der Waals surface area contributed by atoms with Crippen molar-refractivity contribution in [3.63, 3.8) is 0 Å². The first-order valence-electron chi connectivity index (χ1n) is 3.56. The summed E-state index contributed by atoms with van der Waals surface area (Å²) in [6.07, 6.45) is 0. The Kier molecular flexibility index (Phi) is 2.88. The minimum absolute atomic E-state index is 0.0646. The first-order chi connectivity index (χ1) is 5.77. The number of aliphatic hydroxyl groups excluding tert-OH is 1. The maximum absolute atomic E-state index is 11.0. The van der Waals surface area contributed by atoms with Gasteiger partial charge < -0.3 is 9.76 Å². The zero-order valence-electron chi connectivity index (χ0n) is 6.78. The molecule has 1 rings (SSSR count). The zero-order valence-corrected chi connectivity index (χ0v) is 6.78. The molecule has 0 unspecified atom stereocenters. The molecule has 0 aromatic heterocycles. The fourth-order valence-electron chi connectivity index (χ4n) is 0.915. The number of benzene rings is 1. The molecule has 0 aliphatic rings. The molecule has 3 nitrogen and oxygen atoms in total. The van der Waals surface area contributed by atoms with Crippen LogP contribution in [0, 0.1) is 0 Å². The highest BCUT2D eigenvalue weighted by Gasteiger charge is 2.03. The highest BCUT2D eigenvalue weighted by atomic mass is 16.5. The van der Waals surface area contributed by atoms with Crippen molar-refractivity contribution in [2.75, 3.05) is 0 Å². The predicted octanol–water partition coefficient (Wildman–Crippen LogP) is -0.116. The lowest BCUT2D eigenvalue weighted by Crippen LogP contribution is -2.02. The summed E-state index contributed by atoms with van der Waals surface area (Å²) in [6.45, 7) is -0.0646. The average molecular weight is 164 g/mol. The monoisotopic (exact) mass is 164 g/mol. The molecule has 0 atom stereocenters. The van der Waals surface area contributed by atoms with Gasteiger partial charge in [-0.25, -0.2) is 4.79 Å². The molecule has 0 aliphatic carbocycles. The smallest absolute Gasteiger partial charge is 0.326 e. The van der Waals surface area contributed by atoms with E-state index in [-0.39, 0.29) is 12.6 Å². The van der Waals surface area contributed by atoms with E-state index >= 15 is 0 Å². The molecule has 0 amide bonds. The number of hydrogen-bond donors (Lipinski definition) is 1. The van der Waals surface area contributed by atoms with Gasteiger partial charge in [-0.05, 0) is 17.7 Å². The lowest BCUT2D eigenvalue weighted by molar-refractivity contribution is 0.0749. The Morgan fingerprint density at radius 3 is 2.92 bits per heavy atom. The van der Waals surface area contributed by atoms with E-state index in [1.165, 1.54) is 8.05 Å². The van der Waals surface area contributed by atoms with Crippen LogP contribution in [0.15, 0.2) is 24.3 Å². The van der Waals surface area contributed by atoms with Crippen molar-refractivity contribution in [3.8, 4) is 0 Å². The normalized spacial score (nSPS) is 9.42. The van der Waals surface area contributed by atoms with E-state index in [0.29, 0.717) is 11.1 Å². The van der Waals surface area contributed by atoms with E-state index in [4.69, 9.17) is 5.11 Å². The lowest BCUT2D eigenvalue weighted by atomic mass is 10.1. The maximum Gasteiger partial charge on any atom is 0.326 e. The third-order valence-corrected chi connectivity index (χ3v) is 1.53. The van der Waals surface area contributed by atoms with Crippen molar-refractivity contribution in [3.05, 3.63) is 35.4 Å². The van der Waals surface area contributed by atoms with Crippen molar-refractivity contribution in [2.45, 2.75) is 6.61 Å². The second-order valence-corrected chi connectivity index (χ2v) is 2.35. The highest BCUT2D eigenvalue weighted by Crippen LogP contribution is 2.05. The van der Waals surface area contributed by atoms with Gasteiger partial charge in [-0.2, -0.15) is 0 Å². The molecule has 4 heteroatoms. The number of rotatable bonds is 2. The molecule has 62 valence electrons. The highest BCUT2D eigenvalue weighted by molar-refractivity contribution is 6.09. The summed E-state index contributed by atoms with van der Waals surface area (Å²) in [6, 6.07) is 6.70. The minimum atomic E-state index is -0.384. The third-order valence-electron chi connectivity index (χ3n) is 1.53. The molecule has 0 fully saturated rings. The standard InChI is InChI=1S/C8H9BO3/c9-12-8(11)7-3-1-2-6(4-7)5-10/h1-4,10H,5,9H2. The van der Waals surface area contributed by atoms with Crippen LogP contribution in [0.5, 0.6) is 0 Å². The molecule has 0 aliphatic heterocycles. The fourth-order valence-corrected chi connectivity index (χ4v) is 0.915. The molecule has 1 N–H and O–H groups in total.